The summed E-state index contributed by atoms with van der Waals surface area (Å²) in [4.78, 5) is 22.4. The number of nitrogens with two attached hydrogens (primary N) is 1. The van der Waals surface area contributed by atoms with Crippen LogP contribution in [0.3, 0.4) is 0 Å². The normalized spacial score (nSPS) is 9.52. The van der Waals surface area contributed by atoms with Gasteiger partial charge in [0, 0.05) is 6.42 Å². The molecule has 7 heteroatoms. The van der Waals surface area contributed by atoms with Crippen LogP contribution >= 0.6 is 0 Å². The van der Waals surface area contributed by atoms with Crippen molar-refractivity contribution in [3.63, 3.8) is 0 Å². The van der Waals surface area contributed by atoms with Crippen LogP contribution in [-0.4, -0.2) is 32.2 Å². The first-order chi connectivity index (χ1) is 10.1. The molecule has 0 saturated carbocycles. The molecular weight excluding hydrogens is 276 g/mol. The molecule has 0 saturated heterocycles. The van der Waals surface area contributed by atoms with Crippen molar-refractivity contribution >= 4 is 11.9 Å². The van der Waals surface area contributed by atoms with Gasteiger partial charge in [0.25, 0.3) is 0 Å². The molecular formula is C14H16N2O5. The minimum Gasteiger partial charge on any atom is -0.496 e. The number of Topliss-reactive ketones (excluding diaryl/α,β-unsaturated/α-hetero) is 1. The smallest absolute Gasteiger partial charge is 0.404 e. The third-order valence-electron chi connectivity index (χ3n) is 2.52. The van der Waals surface area contributed by atoms with Crippen molar-refractivity contribution in [2.75, 3.05) is 20.3 Å². The van der Waals surface area contributed by atoms with Gasteiger partial charge in [-0.05, 0) is 12.1 Å². The van der Waals surface area contributed by atoms with Crippen molar-refractivity contribution in [1.29, 1.82) is 5.26 Å². The monoisotopic (exact) mass is 292 g/mol. The first-order valence-corrected chi connectivity index (χ1v) is 6.22. The molecule has 0 aliphatic heterocycles. The Bertz CT molecular complexity index is 551. The van der Waals surface area contributed by atoms with Gasteiger partial charge < -0.3 is 19.9 Å². The number of hydrogen-bond donors (Lipinski definition) is 1. The van der Waals surface area contributed by atoms with E-state index >= 15 is 0 Å². The summed E-state index contributed by atoms with van der Waals surface area (Å²) in [6.45, 7) is 0.355. The Balaban J connectivity index is 2.75. The van der Waals surface area contributed by atoms with Crippen molar-refractivity contribution < 1.29 is 23.8 Å². The van der Waals surface area contributed by atoms with Crippen molar-refractivity contribution in [1.82, 2.24) is 0 Å². The van der Waals surface area contributed by atoms with Crippen LogP contribution in [0, 0.1) is 11.3 Å². The molecule has 1 amide bonds. The van der Waals surface area contributed by atoms with Crippen LogP contribution in [0.1, 0.15) is 23.2 Å². The Morgan fingerprint density at radius 1 is 1.29 bits per heavy atom. The molecule has 21 heavy (non-hydrogen) atoms. The van der Waals surface area contributed by atoms with Gasteiger partial charge in [-0.1, -0.05) is 6.07 Å². The Labute approximate surface area is 122 Å². The molecule has 0 atom stereocenters. The van der Waals surface area contributed by atoms with E-state index in [2.05, 4.69) is 4.74 Å². The van der Waals surface area contributed by atoms with Crippen LogP contribution in [0.25, 0.3) is 0 Å². The maximum atomic E-state index is 12.0. The highest BCUT2D eigenvalue weighted by Gasteiger charge is 2.18. The number of hydrogen-bond acceptors (Lipinski definition) is 6. The number of benzene rings is 1. The van der Waals surface area contributed by atoms with Gasteiger partial charge >= 0.3 is 6.09 Å². The summed E-state index contributed by atoms with van der Waals surface area (Å²) in [6, 6.07) is 6.71. The molecule has 0 heterocycles. The Kier molecular flexibility index (Phi) is 6.54. The maximum Gasteiger partial charge on any atom is 0.404 e. The lowest BCUT2D eigenvalue weighted by Crippen LogP contribution is -2.15. The van der Waals surface area contributed by atoms with Gasteiger partial charge in [0.2, 0.25) is 0 Å². The summed E-state index contributed by atoms with van der Waals surface area (Å²) >= 11 is 0. The van der Waals surface area contributed by atoms with Crippen LogP contribution in [0.4, 0.5) is 4.79 Å². The number of primary amides is 1. The third kappa shape index (κ3) is 5.03. The van der Waals surface area contributed by atoms with E-state index in [0.29, 0.717) is 17.9 Å². The van der Waals surface area contributed by atoms with Crippen LogP contribution in [0.5, 0.6) is 11.5 Å². The highest BCUT2D eigenvalue weighted by molar-refractivity contribution is 6.02. The van der Waals surface area contributed by atoms with Crippen molar-refractivity contribution in [2.45, 2.75) is 12.8 Å². The van der Waals surface area contributed by atoms with Crippen LogP contribution in [0.15, 0.2) is 18.2 Å². The number of amides is 1. The second kappa shape index (κ2) is 8.43. The van der Waals surface area contributed by atoms with E-state index in [1.165, 1.54) is 7.11 Å². The first kappa shape index (κ1) is 16.3. The van der Waals surface area contributed by atoms with E-state index in [0.717, 1.165) is 0 Å². The maximum absolute atomic E-state index is 12.0. The topological polar surface area (TPSA) is 112 Å². The zero-order valence-corrected chi connectivity index (χ0v) is 11.6. The lowest BCUT2D eigenvalue weighted by Gasteiger charge is -2.13. The van der Waals surface area contributed by atoms with Crippen LogP contribution in [0.2, 0.25) is 0 Å². The molecule has 0 spiro atoms. The Hall–Kier alpha value is -2.75. The predicted octanol–water partition coefficient (Wildman–Crippen LogP) is 1.66. The molecule has 0 unspecified atom stereocenters. The quantitative estimate of drug-likeness (QED) is 0.576. The van der Waals surface area contributed by atoms with Gasteiger partial charge in [0.15, 0.2) is 5.78 Å². The average molecular weight is 292 g/mol. The number of carbonyl (C=O) groups excluding carboxylic acids is 2. The van der Waals surface area contributed by atoms with Gasteiger partial charge in [-0.15, -0.1) is 0 Å². The molecule has 1 rings (SSSR count). The molecule has 7 nitrogen and oxygen atoms in total. The highest BCUT2D eigenvalue weighted by Crippen LogP contribution is 2.29. The van der Waals surface area contributed by atoms with Gasteiger partial charge in [-0.25, -0.2) is 4.79 Å². The lowest BCUT2D eigenvalue weighted by molar-refractivity contribution is 0.0990. The third-order valence-corrected chi connectivity index (χ3v) is 2.52. The molecule has 0 radical (unpaired) electrons. The van der Waals surface area contributed by atoms with Crippen molar-refractivity contribution in [3.8, 4) is 17.6 Å². The second-order valence-corrected chi connectivity index (χ2v) is 3.96. The van der Waals surface area contributed by atoms with E-state index in [1.807, 2.05) is 0 Å². The Morgan fingerprint density at radius 3 is 2.62 bits per heavy atom. The standard InChI is InChI=1S/C14H16N2O5/c1-19-11-4-2-5-12(13(11)10(17)6-7-15)20-8-3-9-21-14(16)18/h2,4-5H,3,6,8-9H2,1H3,(H2,16,18). The van der Waals surface area contributed by atoms with E-state index in [4.69, 9.17) is 20.5 Å². The summed E-state index contributed by atoms with van der Waals surface area (Å²) in [5, 5.41) is 8.64. The lowest BCUT2D eigenvalue weighted by atomic mass is 10.1. The van der Waals surface area contributed by atoms with Gasteiger partial charge in [-0.3, -0.25) is 4.79 Å². The second-order valence-electron chi connectivity index (χ2n) is 3.96. The largest absolute Gasteiger partial charge is 0.496 e. The van der Waals surface area contributed by atoms with Gasteiger partial charge in [0.1, 0.15) is 17.1 Å². The van der Waals surface area contributed by atoms with E-state index in [1.54, 1.807) is 24.3 Å². The van der Waals surface area contributed by atoms with Crippen molar-refractivity contribution in [3.05, 3.63) is 23.8 Å². The molecule has 1 aromatic rings. The van der Waals surface area contributed by atoms with Crippen molar-refractivity contribution in [2.24, 2.45) is 5.73 Å². The fourth-order valence-electron chi connectivity index (χ4n) is 1.65. The molecule has 0 fully saturated rings. The molecule has 0 bridgehead atoms. The molecule has 0 aliphatic rings. The average Bonchev–Trinajstić information content (AvgIpc) is 2.46. The summed E-state index contributed by atoms with van der Waals surface area (Å²) in [7, 11) is 1.43. The number of rotatable bonds is 8. The minimum atomic E-state index is -0.846. The zero-order chi connectivity index (χ0) is 15.7. The van der Waals surface area contributed by atoms with E-state index < -0.39 is 6.09 Å². The molecule has 0 aliphatic carbocycles. The number of carbonyl (C=O) groups is 2. The number of methoxy groups -OCH3 is 1. The number of ketones is 1. The van der Waals surface area contributed by atoms with Gasteiger partial charge in [0.05, 0.1) is 32.8 Å². The Morgan fingerprint density at radius 2 is 2.00 bits per heavy atom. The summed E-state index contributed by atoms with van der Waals surface area (Å²) in [5.41, 5.74) is 5.06. The summed E-state index contributed by atoms with van der Waals surface area (Å²) < 4.78 is 15.2. The van der Waals surface area contributed by atoms with Crippen LogP contribution < -0.4 is 15.2 Å². The van der Waals surface area contributed by atoms with Crippen LogP contribution in [-0.2, 0) is 4.74 Å². The molecule has 2 N–H and O–H groups in total. The SMILES string of the molecule is COc1cccc(OCCCOC(N)=O)c1C(=O)CC#N. The number of nitriles is 1. The summed E-state index contributed by atoms with van der Waals surface area (Å²) in [5.74, 6) is 0.299. The molecule has 0 aromatic heterocycles. The predicted molar refractivity (Wildman–Crippen MR) is 73.2 cm³/mol. The fraction of sp³-hybridized carbons (Fsp3) is 0.357. The zero-order valence-electron chi connectivity index (χ0n) is 11.6. The fourth-order valence-corrected chi connectivity index (χ4v) is 1.65. The first-order valence-electron chi connectivity index (χ1n) is 6.22. The molecule has 112 valence electrons. The number of nitrogens with zero attached hydrogens (tertiary/aromatic N) is 1. The van der Waals surface area contributed by atoms with E-state index in [-0.39, 0.29) is 31.0 Å². The van der Waals surface area contributed by atoms with Gasteiger partial charge in [-0.2, -0.15) is 5.26 Å². The number of ether oxygens (including phenoxy) is 3. The summed E-state index contributed by atoms with van der Waals surface area (Å²) in [6.07, 6.45) is -0.686. The molecule has 1 aromatic carbocycles. The minimum absolute atomic E-state index is 0.126. The van der Waals surface area contributed by atoms with E-state index in [9.17, 15) is 9.59 Å². The highest BCUT2D eigenvalue weighted by atomic mass is 16.5.